The Morgan fingerprint density at radius 2 is 1.84 bits per heavy atom. The number of halogens is 3. The molecule has 7 rings (SSSR count). The molecule has 12 heteroatoms. The number of rotatable bonds is 6. The molecular formula is C32H33F3N6O3. The number of hydrogen-bond acceptors (Lipinski definition) is 6. The third kappa shape index (κ3) is 5.04. The molecule has 1 aromatic carbocycles. The molecule has 44 heavy (non-hydrogen) atoms. The number of carbonyl (C=O) groups is 2. The van der Waals surface area contributed by atoms with Crippen LogP contribution in [0.2, 0.25) is 0 Å². The monoisotopic (exact) mass is 606 g/mol. The first-order chi connectivity index (χ1) is 21.1. The Bertz CT molecular complexity index is 1630. The molecule has 2 saturated carbocycles. The minimum atomic E-state index is -4.70. The molecular weight excluding hydrogens is 573 g/mol. The summed E-state index contributed by atoms with van der Waals surface area (Å²) in [5.41, 5.74) is 8.97. The van der Waals surface area contributed by atoms with Crippen LogP contribution in [0.15, 0.2) is 49.2 Å². The first-order valence-corrected chi connectivity index (χ1v) is 15.0. The lowest BCUT2D eigenvalue weighted by molar-refractivity contribution is -0.141. The Morgan fingerprint density at radius 1 is 1.09 bits per heavy atom. The molecule has 9 nitrogen and oxygen atoms in total. The van der Waals surface area contributed by atoms with Crippen molar-refractivity contribution in [3.8, 4) is 5.69 Å². The number of nitrogens with two attached hydrogens (primary N) is 1. The summed E-state index contributed by atoms with van der Waals surface area (Å²) in [7, 11) is 0. The summed E-state index contributed by atoms with van der Waals surface area (Å²) in [6.07, 6.45) is 2.90. The molecule has 2 amide bonds. The van der Waals surface area contributed by atoms with Gasteiger partial charge in [0.25, 0.3) is 5.91 Å². The highest BCUT2D eigenvalue weighted by Crippen LogP contribution is 2.44. The summed E-state index contributed by atoms with van der Waals surface area (Å²) in [6, 6.07) is 8.49. The summed E-state index contributed by atoms with van der Waals surface area (Å²) in [5.74, 6) is -0.276. The number of anilines is 1. The Balaban J connectivity index is 1.31. The van der Waals surface area contributed by atoms with Crippen LogP contribution >= 0.6 is 0 Å². The molecule has 2 aliphatic carbocycles. The van der Waals surface area contributed by atoms with E-state index < -0.39 is 29.9 Å². The summed E-state index contributed by atoms with van der Waals surface area (Å²) < 4.78 is 48.1. The van der Waals surface area contributed by atoms with Gasteiger partial charge in [0.15, 0.2) is 0 Å². The van der Waals surface area contributed by atoms with Crippen LogP contribution in [0.3, 0.4) is 0 Å². The fourth-order valence-electron chi connectivity index (χ4n) is 6.52. The van der Waals surface area contributed by atoms with E-state index in [-0.39, 0.29) is 42.9 Å². The van der Waals surface area contributed by atoms with Crippen LogP contribution in [0.5, 0.6) is 0 Å². The SMILES string of the molecule is C=CC(=O)N1CC(OC2CC2)c2nn(-c3ccc(C4CCC4)cc3)c3c2C(C1)N(C(=O)c1cnc(C(F)(F)F)cc1N)CC3. The van der Waals surface area contributed by atoms with Gasteiger partial charge in [-0.25, -0.2) is 4.68 Å². The number of nitrogen functional groups attached to an aromatic ring is 1. The number of amides is 2. The highest BCUT2D eigenvalue weighted by atomic mass is 19.4. The maximum absolute atomic E-state index is 14.0. The molecule has 2 unspecified atom stereocenters. The molecule has 0 saturated heterocycles. The molecule has 230 valence electrons. The van der Waals surface area contributed by atoms with Crippen molar-refractivity contribution in [1.82, 2.24) is 24.6 Å². The van der Waals surface area contributed by atoms with Crippen molar-refractivity contribution in [1.29, 1.82) is 0 Å². The number of aromatic nitrogens is 3. The third-order valence-electron chi connectivity index (χ3n) is 9.23. The second kappa shape index (κ2) is 10.8. The van der Waals surface area contributed by atoms with E-state index in [1.54, 1.807) is 9.80 Å². The van der Waals surface area contributed by atoms with Crippen molar-refractivity contribution >= 4 is 17.5 Å². The van der Waals surface area contributed by atoms with Crippen LogP contribution < -0.4 is 5.73 Å². The smallest absolute Gasteiger partial charge is 0.398 e. The van der Waals surface area contributed by atoms with E-state index in [4.69, 9.17) is 15.6 Å². The van der Waals surface area contributed by atoms with Gasteiger partial charge in [0.1, 0.15) is 11.8 Å². The fraction of sp³-hybridized carbons (Fsp3) is 0.438. The zero-order valence-electron chi connectivity index (χ0n) is 24.1. The van der Waals surface area contributed by atoms with Crippen LogP contribution in [0.1, 0.15) is 88.7 Å². The zero-order chi connectivity index (χ0) is 30.7. The number of pyridine rings is 1. The van der Waals surface area contributed by atoms with Gasteiger partial charge in [-0.2, -0.15) is 18.3 Å². The standard InChI is InChI=1S/C32H33F3N6O3/c1-2-28(42)39-16-25-29-24(12-13-40(25)31(43)22-15-37-27(14-23(22)36)32(33,34)35)41(38-30(29)26(17-39)44-21-10-11-21)20-8-6-19(7-9-20)18-4-3-5-18/h2,6-9,14-15,18,21,25-26H,1,3-5,10-13,16-17H2,(H2,36,37). The van der Waals surface area contributed by atoms with E-state index in [2.05, 4.69) is 35.8 Å². The van der Waals surface area contributed by atoms with Gasteiger partial charge in [-0.1, -0.05) is 25.1 Å². The zero-order valence-corrected chi connectivity index (χ0v) is 24.1. The normalized spacial score (nSPS) is 21.8. The molecule has 3 aromatic rings. The molecule has 2 fully saturated rings. The Labute approximate surface area is 252 Å². The predicted octanol–water partition coefficient (Wildman–Crippen LogP) is 5.12. The van der Waals surface area contributed by atoms with Crippen molar-refractivity contribution in [2.45, 2.75) is 68.9 Å². The topological polar surface area (TPSA) is 107 Å². The summed E-state index contributed by atoms with van der Waals surface area (Å²) in [4.78, 5) is 33.7. The van der Waals surface area contributed by atoms with E-state index in [1.807, 2.05) is 4.68 Å². The first-order valence-electron chi connectivity index (χ1n) is 15.0. The molecule has 4 heterocycles. The highest BCUT2D eigenvalue weighted by Gasteiger charge is 2.45. The van der Waals surface area contributed by atoms with Crippen molar-refractivity contribution in [2.24, 2.45) is 0 Å². The minimum absolute atomic E-state index is 0.0686. The number of ether oxygens (including phenoxy) is 1. The Kier molecular flexibility index (Phi) is 6.99. The molecule has 0 radical (unpaired) electrons. The van der Waals surface area contributed by atoms with Crippen molar-refractivity contribution < 1.29 is 27.5 Å². The Hall–Kier alpha value is -4.19. The molecule has 2 N–H and O–H groups in total. The maximum Gasteiger partial charge on any atom is 0.433 e. The fourth-order valence-corrected chi connectivity index (χ4v) is 6.52. The lowest BCUT2D eigenvalue weighted by atomic mass is 9.80. The molecule has 4 aliphatic rings. The third-order valence-corrected chi connectivity index (χ3v) is 9.23. The van der Waals surface area contributed by atoms with Crippen LogP contribution in [0.4, 0.5) is 18.9 Å². The van der Waals surface area contributed by atoms with Gasteiger partial charge in [-0.3, -0.25) is 14.6 Å². The van der Waals surface area contributed by atoms with E-state index in [1.165, 1.54) is 30.9 Å². The van der Waals surface area contributed by atoms with Crippen molar-refractivity contribution in [2.75, 3.05) is 25.4 Å². The lowest BCUT2D eigenvalue weighted by Gasteiger charge is -2.38. The van der Waals surface area contributed by atoms with Gasteiger partial charge >= 0.3 is 6.18 Å². The van der Waals surface area contributed by atoms with E-state index in [9.17, 15) is 22.8 Å². The number of benzene rings is 1. The highest BCUT2D eigenvalue weighted by molar-refractivity contribution is 5.99. The van der Waals surface area contributed by atoms with Gasteiger partial charge in [0, 0.05) is 37.0 Å². The van der Waals surface area contributed by atoms with Crippen molar-refractivity contribution in [3.63, 3.8) is 0 Å². The number of hydrogen-bond donors (Lipinski definition) is 1. The second-order valence-electron chi connectivity index (χ2n) is 12.1. The second-order valence-corrected chi connectivity index (χ2v) is 12.1. The quantitative estimate of drug-likeness (QED) is 0.391. The summed E-state index contributed by atoms with van der Waals surface area (Å²) in [5, 5.41) is 5.08. The van der Waals surface area contributed by atoms with Gasteiger partial charge < -0.3 is 20.3 Å². The largest absolute Gasteiger partial charge is 0.433 e. The van der Waals surface area contributed by atoms with Gasteiger partial charge in [-0.05, 0) is 61.4 Å². The minimum Gasteiger partial charge on any atom is -0.398 e. The molecule has 2 atom stereocenters. The molecule has 2 aliphatic heterocycles. The van der Waals surface area contributed by atoms with Crippen LogP contribution in [0, 0.1) is 0 Å². The summed E-state index contributed by atoms with van der Waals surface area (Å²) >= 11 is 0. The number of carbonyl (C=O) groups excluding carboxylic acids is 2. The van der Waals surface area contributed by atoms with Crippen LogP contribution in [-0.2, 0) is 22.1 Å². The van der Waals surface area contributed by atoms with E-state index >= 15 is 0 Å². The van der Waals surface area contributed by atoms with Gasteiger partial charge in [0.05, 0.1) is 41.3 Å². The predicted molar refractivity (Wildman–Crippen MR) is 155 cm³/mol. The first kappa shape index (κ1) is 28.6. The average Bonchev–Trinajstić information content (AvgIpc) is 3.74. The summed E-state index contributed by atoms with van der Waals surface area (Å²) in [6.45, 7) is 4.27. The van der Waals surface area contributed by atoms with Gasteiger partial charge in [-0.15, -0.1) is 0 Å². The number of nitrogens with zero attached hydrogens (tertiary/aromatic N) is 5. The number of alkyl halides is 3. The van der Waals surface area contributed by atoms with Gasteiger partial charge in [0.2, 0.25) is 5.91 Å². The molecule has 0 bridgehead atoms. The van der Waals surface area contributed by atoms with Crippen LogP contribution in [0.25, 0.3) is 5.69 Å². The van der Waals surface area contributed by atoms with E-state index in [0.717, 1.165) is 36.0 Å². The van der Waals surface area contributed by atoms with Crippen LogP contribution in [-0.4, -0.2) is 62.1 Å². The average molecular weight is 607 g/mol. The molecule has 0 spiro atoms. The van der Waals surface area contributed by atoms with Crippen molar-refractivity contribution in [3.05, 3.63) is 83.0 Å². The molecule has 2 aromatic heterocycles. The maximum atomic E-state index is 14.0. The lowest BCUT2D eigenvalue weighted by Crippen LogP contribution is -2.46. The Morgan fingerprint density at radius 3 is 2.45 bits per heavy atom. The van der Waals surface area contributed by atoms with E-state index in [0.29, 0.717) is 24.1 Å².